The lowest BCUT2D eigenvalue weighted by Gasteiger charge is -2.20. The maximum atomic E-state index is 12.4. The zero-order chi connectivity index (χ0) is 19.8. The van der Waals surface area contributed by atoms with E-state index in [9.17, 15) is 4.79 Å². The van der Waals surface area contributed by atoms with Crippen LogP contribution in [0, 0.1) is 0 Å². The first-order valence-corrected chi connectivity index (χ1v) is 9.37. The molecule has 144 valence electrons. The number of nitrogens with zero attached hydrogens (tertiary/aromatic N) is 3. The van der Waals surface area contributed by atoms with Gasteiger partial charge in [-0.1, -0.05) is 65.9 Å². The number of benzene rings is 2. The van der Waals surface area contributed by atoms with Crippen LogP contribution in [-0.2, 0) is 11.3 Å². The topological polar surface area (TPSA) is 64.2 Å². The molecule has 1 aromatic heterocycles. The van der Waals surface area contributed by atoms with Crippen LogP contribution in [0.2, 0.25) is 0 Å². The second-order valence-corrected chi connectivity index (χ2v) is 7.04. The smallest absolute Gasteiger partial charge is 0.244 e. The van der Waals surface area contributed by atoms with Crippen molar-refractivity contribution in [1.29, 1.82) is 0 Å². The minimum atomic E-state index is -0.146. The van der Waals surface area contributed by atoms with Crippen LogP contribution < -0.4 is 10.2 Å². The fraction of sp³-hybridized carbons (Fsp3) is 0.227. The summed E-state index contributed by atoms with van der Waals surface area (Å²) in [5.74, 6) is -0.146. The predicted molar refractivity (Wildman–Crippen MR) is 110 cm³/mol. The van der Waals surface area contributed by atoms with E-state index in [2.05, 4.69) is 29.7 Å². The Kier molecular flexibility index (Phi) is 6.70. The first kappa shape index (κ1) is 19.5. The van der Waals surface area contributed by atoms with Gasteiger partial charge in [-0.05, 0) is 17.2 Å². The van der Waals surface area contributed by atoms with Crippen LogP contribution in [0.5, 0.6) is 0 Å². The van der Waals surface area contributed by atoms with E-state index in [0.29, 0.717) is 12.2 Å². The Morgan fingerprint density at radius 1 is 1.11 bits per heavy atom. The van der Waals surface area contributed by atoms with Crippen LogP contribution in [0.15, 0.2) is 72.9 Å². The summed E-state index contributed by atoms with van der Waals surface area (Å²) in [6.07, 6.45) is 5.03. The van der Waals surface area contributed by atoms with Crippen molar-refractivity contribution in [2.75, 3.05) is 20.6 Å². The minimum Gasteiger partial charge on any atom is -0.340 e. The normalized spacial score (nSPS) is 12.4. The molecule has 0 aliphatic rings. The van der Waals surface area contributed by atoms with Gasteiger partial charge >= 0.3 is 0 Å². The zero-order valence-corrected chi connectivity index (χ0v) is 16.2. The molecule has 2 aromatic carbocycles. The highest BCUT2D eigenvalue weighted by atomic mass is 16.1. The highest BCUT2D eigenvalue weighted by molar-refractivity contribution is 5.91. The van der Waals surface area contributed by atoms with Gasteiger partial charge in [0.2, 0.25) is 5.91 Å². The van der Waals surface area contributed by atoms with Crippen molar-refractivity contribution in [3.8, 4) is 0 Å². The number of aromatic nitrogens is 3. The Labute approximate surface area is 165 Å². The summed E-state index contributed by atoms with van der Waals surface area (Å²) in [6, 6.07) is 20.0. The summed E-state index contributed by atoms with van der Waals surface area (Å²) in [7, 11) is 4.14. The molecule has 6 heteroatoms. The van der Waals surface area contributed by atoms with Gasteiger partial charge in [0.25, 0.3) is 0 Å². The average molecular weight is 376 g/mol. The summed E-state index contributed by atoms with van der Waals surface area (Å²) < 4.78 is 1.76. The van der Waals surface area contributed by atoms with Crippen molar-refractivity contribution in [1.82, 2.24) is 20.3 Å². The standard InChI is InChI=1S/C22H25N5O/c1-26(2)17-21(19-11-7-4-8-12-19)23-22(28)14-13-20-16-27(25-24-20)15-18-9-5-3-6-10-18/h3-14,16,21H,15,17H2,1-2H3,(H,23,28)/p+1/b14-13+/t21-/m1/s1. The van der Waals surface area contributed by atoms with E-state index in [-0.39, 0.29) is 11.9 Å². The third-order valence-corrected chi connectivity index (χ3v) is 4.28. The van der Waals surface area contributed by atoms with E-state index < -0.39 is 0 Å². The van der Waals surface area contributed by atoms with E-state index in [1.165, 1.54) is 11.0 Å². The molecule has 28 heavy (non-hydrogen) atoms. The van der Waals surface area contributed by atoms with Gasteiger partial charge in [-0.3, -0.25) is 4.79 Å². The number of hydrogen-bond acceptors (Lipinski definition) is 3. The Morgan fingerprint density at radius 3 is 2.46 bits per heavy atom. The van der Waals surface area contributed by atoms with Crippen molar-refractivity contribution in [3.63, 3.8) is 0 Å². The van der Waals surface area contributed by atoms with Crippen LogP contribution in [0.25, 0.3) is 6.08 Å². The Hall–Kier alpha value is -3.25. The molecule has 0 saturated heterocycles. The number of rotatable bonds is 8. The van der Waals surface area contributed by atoms with Crippen LogP contribution in [0.3, 0.4) is 0 Å². The van der Waals surface area contributed by atoms with Crippen LogP contribution in [0.1, 0.15) is 22.9 Å². The molecule has 2 N–H and O–H groups in total. The number of carbonyl (C=O) groups is 1. The second kappa shape index (κ2) is 9.62. The number of nitrogens with one attached hydrogen (secondary N) is 2. The van der Waals surface area contributed by atoms with E-state index >= 15 is 0 Å². The highest BCUT2D eigenvalue weighted by Crippen LogP contribution is 2.11. The lowest BCUT2D eigenvalue weighted by molar-refractivity contribution is -0.860. The molecule has 0 aliphatic carbocycles. The zero-order valence-electron chi connectivity index (χ0n) is 16.2. The van der Waals surface area contributed by atoms with Crippen LogP contribution in [-0.4, -0.2) is 41.5 Å². The number of amides is 1. The van der Waals surface area contributed by atoms with Gasteiger partial charge in [0.05, 0.1) is 26.8 Å². The summed E-state index contributed by atoms with van der Waals surface area (Å²) in [6.45, 7) is 1.45. The maximum Gasteiger partial charge on any atom is 0.244 e. The van der Waals surface area contributed by atoms with Gasteiger partial charge < -0.3 is 10.2 Å². The summed E-state index contributed by atoms with van der Waals surface area (Å²) in [4.78, 5) is 13.7. The first-order valence-electron chi connectivity index (χ1n) is 9.37. The van der Waals surface area contributed by atoms with Gasteiger partial charge in [-0.25, -0.2) is 4.68 Å². The lowest BCUT2D eigenvalue weighted by atomic mass is 10.1. The molecule has 0 aliphatic heterocycles. The van der Waals surface area contributed by atoms with Crippen molar-refractivity contribution in [2.24, 2.45) is 0 Å². The van der Waals surface area contributed by atoms with Crippen molar-refractivity contribution >= 4 is 12.0 Å². The van der Waals surface area contributed by atoms with Crippen LogP contribution >= 0.6 is 0 Å². The van der Waals surface area contributed by atoms with E-state index in [1.54, 1.807) is 10.8 Å². The Bertz CT molecular complexity index is 903. The molecule has 0 saturated carbocycles. The third-order valence-electron chi connectivity index (χ3n) is 4.28. The summed E-state index contributed by atoms with van der Waals surface area (Å²) >= 11 is 0. The van der Waals surface area contributed by atoms with Gasteiger partial charge in [0.15, 0.2) is 0 Å². The molecule has 1 amide bonds. The Balaban J connectivity index is 1.61. The molecule has 0 spiro atoms. The van der Waals surface area contributed by atoms with Crippen molar-refractivity contribution in [3.05, 3.63) is 89.8 Å². The summed E-state index contributed by atoms with van der Waals surface area (Å²) in [5.41, 5.74) is 2.90. The van der Waals surface area contributed by atoms with Crippen molar-refractivity contribution in [2.45, 2.75) is 12.6 Å². The third kappa shape index (κ3) is 5.89. The quantitative estimate of drug-likeness (QED) is 0.583. The molecule has 0 fully saturated rings. The molecule has 1 atom stereocenters. The first-order chi connectivity index (χ1) is 13.6. The fourth-order valence-corrected chi connectivity index (χ4v) is 2.96. The number of quaternary nitrogens is 1. The SMILES string of the molecule is C[NH+](C)C[C@@H](NC(=O)/C=C/c1cn(Cc2ccccc2)nn1)c1ccccc1. The largest absolute Gasteiger partial charge is 0.340 e. The second-order valence-electron chi connectivity index (χ2n) is 7.04. The van der Waals surface area contributed by atoms with Gasteiger partial charge in [-0.15, -0.1) is 5.10 Å². The molecular weight excluding hydrogens is 350 g/mol. The van der Waals surface area contributed by atoms with Crippen LogP contribution in [0.4, 0.5) is 0 Å². The number of likely N-dealkylation sites (N-methyl/N-ethyl adjacent to an activating group) is 1. The Morgan fingerprint density at radius 2 is 1.79 bits per heavy atom. The fourth-order valence-electron chi connectivity index (χ4n) is 2.96. The lowest BCUT2D eigenvalue weighted by Crippen LogP contribution is -3.06. The van der Waals surface area contributed by atoms with E-state index in [1.807, 2.05) is 66.9 Å². The minimum absolute atomic E-state index is 0.0443. The molecule has 0 unspecified atom stereocenters. The molecule has 3 rings (SSSR count). The monoisotopic (exact) mass is 376 g/mol. The van der Waals surface area contributed by atoms with Crippen molar-refractivity contribution < 1.29 is 9.69 Å². The molecule has 0 bridgehead atoms. The molecule has 1 heterocycles. The van der Waals surface area contributed by atoms with Gasteiger partial charge in [0.1, 0.15) is 18.3 Å². The molecule has 0 radical (unpaired) electrons. The number of hydrogen-bond donors (Lipinski definition) is 2. The molecule has 6 nitrogen and oxygen atoms in total. The highest BCUT2D eigenvalue weighted by Gasteiger charge is 2.16. The van der Waals surface area contributed by atoms with Gasteiger partial charge in [0, 0.05) is 6.08 Å². The van der Waals surface area contributed by atoms with Gasteiger partial charge in [-0.2, -0.15) is 0 Å². The van der Waals surface area contributed by atoms with E-state index in [0.717, 1.165) is 17.7 Å². The average Bonchev–Trinajstić information content (AvgIpc) is 3.14. The summed E-state index contributed by atoms with van der Waals surface area (Å²) in [5, 5.41) is 11.3. The van der Waals surface area contributed by atoms with E-state index in [4.69, 9.17) is 0 Å². The number of carbonyl (C=O) groups excluding carboxylic acids is 1. The predicted octanol–water partition coefficient (Wildman–Crippen LogP) is 1.34. The molecule has 3 aromatic rings. The maximum absolute atomic E-state index is 12.4. The molecular formula is C22H26N5O+.